The number of aryl methyl sites for hydroxylation is 1. The Labute approximate surface area is 123 Å². The molecule has 0 radical (unpaired) electrons. The van der Waals surface area contributed by atoms with Crippen LogP contribution in [0.2, 0.25) is 0 Å². The minimum Gasteiger partial charge on any atom is -0.481 e. The molecule has 21 heavy (non-hydrogen) atoms. The zero-order valence-corrected chi connectivity index (χ0v) is 11.9. The summed E-state index contributed by atoms with van der Waals surface area (Å²) in [6, 6.07) is 3.38. The van der Waals surface area contributed by atoms with E-state index in [0.717, 1.165) is 25.0 Å². The van der Waals surface area contributed by atoms with Crippen LogP contribution in [0.15, 0.2) is 22.6 Å². The van der Waals surface area contributed by atoms with E-state index >= 15 is 0 Å². The molecular formula is C16H19NO4. The summed E-state index contributed by atoms with van der Waals surface area (Å²) in [4.78, 5) is 23.4. The van der Waals surface area contributed by atoms with Crippen molar-refractivity contribution in [2.75, 3.05) is 0 Å². The molecule has 2 aliphatic rings. The number of fused-ring (bicyclic) bond motifs is 2. The number of carbonyl (C=O) groups excluding carboxylic acids is 1. The SMILES string of the molecule is Cc1ccc(/C=C/C(=O)N[C@@H]2[C@H]3CC[C@@H](C3)[C@@H]2C(=O)O)o1. The van der Waals surface area contributed by atoms with Gasteiger partial charge in [-0.15, -0.1) is 0 Å². The van der Waals surface area contributed by atoms with Crippen molar-refractivity contribution in [2.45, 2.75) is 32.2 Å². The molecule has 0 aromatic carbocycles. The Hall–Kier alpha value is -2.04. The smallest absolute Gasteiger partial charge is 0.308 e. The van der Waals surface area contributed by atoms with Crippen LogP contribution >= 0.6 is 0 Å². The van der Waals surface area contributed by atoms with E-state index in [2.05, 4.69) is 5.32 Å². The third-order valence-corrected chi connectivity index (χ3v) is 4.67. The Bertz CT molecular complexity index is 589. The molecule has 3 rings (SSSR count). The monoisotopic (exact) mass is 289 g/mol. The van der Waals surface area contributed by atoms with Gasteiger partial charge in [0.1, 0.15) is 11.5 Å². The van der Waals surface area contributed by atoms with Crippen molar-refractivity contribution in [3.63, 3.8) is 0 Å². The fourth-order valence-electron chi connectivity index (χ4n) is 3.77. The van der Waals surface area contributed by atoms with Gasteiger partial charge in [-0.1, -0.05) is 0 Å². The van der Waals surface area contributed by atoms with Crippen LogP contribution in [-0.2, 0) is 9.59 Å². The fourth-order valence-corrected chi connectivity index (χ4v) is 3.77. The number of hydrogen-bond donors (Lipinski definition) is 2. The summed E-state index contributed by atoms with van der Waals surface area (Å²) >= 11 is 0. The van der Waals surface area contributed by atoms with Crippen molar-refractivity contribution in [3.8, 4) is 0 Å². The van der Waals surface area contributed by atoms with Crippen LogP contribution in [0.25, 0.3) is 6.08 Å². The van der Waals surface area contributed by atoms with E-state index in [1.165, 1.54) is 6.08 Å². The average Bonchev–Trinajstić information content (AvgIpc) is 3.11. The largest absolute Gasteiger partial charge is 0.481 e. The van der Waals surface area contributed by atoms with E-state index < -0.39 is 11.9 Å². The molecule has 0 unspecified atom stereocenters. The second kappa shape index (κ2) is 5.39. The Morgan fingerprint density at radius 1 is 1.33 bits per heavy atom. The van der Waals surface area contributed by atoms with E-state index in [1.54, 1.807) is 12.1 Å². The van der Waals surface area contributed by atoms with Gasteiger partial charge in [-0.25, -0.2) is 0 Å². The van der Waals surface area contributed by atoms with Crippen LogP contribution in [0.3, 0.4) is 0 Å². The molecule has 1 aromatic heterocycles. The highest BCUT2D eigenvalue weighted by Gasteiger charge is 2.51. The van der Waals surface area contributed by atoms with Crippen LogP contribution in [0.5, 0.6) is 0 Å². The first-order valence-electron chi connectivity index (χ1n) is 7.32. The van der Waals surface area contributed by atoms with Crippen LogP contribution in [0, 0.1) is 24.7 Å². The maximum Gasteiger partial charge on any atom is 0.308 e. The van der Waals surface area contributed by atoms with E-state index in [0.29, 0.717) is 11.7 Å². The maximum absolute atomic E-state index is 12.0. The normalized spacial score (nSPS) is 30.9. The molecule has 112 valence electrons. The first-order valence-corrected chi connectivity index (χ1v) is 7.32. The number of aliphatic carboxylic acids is 1. The zero-order chi connectivity index (χ0) is 15.0. The van der Waals surface area contributed by atoms with Gasteiger partial charge in [0.2, 0.25) is 5.91 Å². The van der Waals surface area contributed by atoms with Gasteiger partial charge in [-0.05, 0) is 56.2 Å². The first-order chi connectivity index (χ1) is 10.0. The van der Waals surface area contributed by atoms with Crippen LogP contribution < -0.4 is 5.32 Å². The summed E-state index contributed by atoms with van der Waals surface area (Å²) in [6.45, 7) is 1.84. The van der Waals surface area contributed by atoms with Gasteiger partial charge in [0.05, 0.1) is 5.92 Å². The van der Waals surface area contributed by atoms with Crippen molar-refractivity contribution in [2.24, 2.45) is 17.8 Å². The molecule has 1 aromatic rings. The molecule has 2 fully saturated rings. The number of amides is 1. The number of hydrogen-bond acceptors (Lipinski definition) is 3. The molecule has 2 bridgehead atoms. The molecule has 0 aliphatic heterocycles. The molecular weight excluding hydrogens is 270 g/mol. The predicted molar refractivity (Wildman–Crippen MR) is 76.4 cm³/mol. The van der Waals surface area contributed by atoms with Crippen molar-refractivity contribution in [1.29, 1.82) is 0 Å². The summed E-state index contributed by atoms with van der Waals surface area (Å²) in [5.74, 6) is 0.436. The lowest BCUT2D eigenvalue weighted by Gasteiger charge is -2.28. The highest BCUT2D eigenvalue weighted by Crippen LogP contribution is 2.48. The van der Waals surface area contributed by atoms with Crippen molar-refractivity contribution in [1.82, 2.24) is 5.32 Å². The molecule has 1 amide bonds. The standard InChI is InChI=1S/C16H19NO4/c1-9-2-5-12(21-9)6-7-13(18)17-15-11-4-3-10(8-11)14(15)16(19)20/h2,5-7,10-11,14-15H,3-4,8H2,1H3,(H,17,18)(H,19,20)/b7-6+/t10-,11-,14-,15+/m0/s1. The van der Waals surface area contributed by atoms with Crippen LogP contribution in [-0.4, -0.2) is 23.0 Å². The Kier molecular flexibility index (Phi) is 3.57. The quantitative estimate of drug-likeness (QED) is 0.833. The lowest BCUT2D eigenvalue weighted by atomic mass is 9.84. The van der Waals surface area contributed by atoms with Gasteiger partial charge in [-0.2, -0.15) is 0 Å². The lowest BCUT2D eigenvalue weighted by Crippen LogP contribution is -2.46. The van der Waals surface area contributed by atoms with E-state index in [9.17, 15) is 14.7 Å². The maximum atomic E-state index is 12.0. The molecule has 2 aliphatic carbocycles. The number of nitrogens with one attached hydrogen (secondary N) is 1. The molecule has 2 N–H and O–H groups in total. The molecule has 0 spiro atoms. The summed E-state index contributed by atoms with van der Waals surface area (Å²) in [5.41, 5.74) is 0. The summed E-state index contributed by atoms with van der Waals surface area (Å²) in [6.07, 6.45) is 5.91. The molecule has 4 atom stereocenters. The topological polar surface area (TPSA) is 79.5 Å². The highest BCUT2D eigenvalue weighted by atomic mass is 16.4. The van der Waals surface area contributed by atoms with Gasteiger partial charge < -0.3 is 14.8 Å². The third kappa shape index (κ3) is 2.73. The van der Waals surface area contributed by atoms with Gasteiger partial charge in [0, 0.05) is 12.1 Å². The Morgan fingerprint density at radius 2 is 2.10 bits per heavy atom. The van der Waals surface area contributed by atoms with Crippen molar-refractivity contribution >= 4 is 18.0 Å². The molecule has 1 heterocycles. The van der Waals surface area contributed by atoms with Crippen molar-refractivity contribution < 1.29 is 19.1 Å². The third-order valence-electron chi connectivity index (χ3n) is 4.67. The minimum atomic E-state index is -0.793. The molecule has 0 saturated heterocycles. The zero-order valence-electron chi connectivity index (χ0n) is 11.9. The average molecular weight is 289 g/mol. The number of carboxylic acid groups (broad SMARTS) is 1. The molecule has 2 saturated carbocycles. The second-order valence-electron chi connectivity index (χ2n) is 6.01. The number of furan rings is 1. The molecule has 5 heteroatoms. The van der Waals surface area contributed by atoms with Crippen LogP contribution in [0.4, 0.5) is 0 Å². The Morgan fingerprint density at radius 3 is 2.76 bits per heavy atom. The number of rotatable bonds is 4. The van der Waals surface area contributed by atoms with E-state index in [1.807, 2.05) is 13.0 Å². The van der Waals surface area contributed by atoms with E-state index in [-0.39, 0.29) is 17.9 Å². The second-order valence-corrected chi connectivity index (χ2v) is 6.01. The fraction of sp³-hybridized carbons (Fsp3) is 0.500. The number of carboxylic acids is 1. The summed E-state index contributed by atoms with van der Waals surface area (Å²) in [5, 5.41) is 12.2. The molecule has 5 nitrogen and oxygen atoms in total. The highest BCUT2D eigenvalue weighted by molar-refractivity contribution is 5.92. The van der Waals surface area contributed by atoms with Crippen molar-refractivity contribution in [3.05, 3.63) is 29.7 Å². The predicted octanol–water partition coefficient (Wildman–Crippen LogP) is 2.22. The van der Waals surface area contributed by atoms with Gasteiger partial charge in [0.25, 0.3) is 0 Å². The van der Waals surface area contributed by atoms with Gasteiger partial charge >= 0.3 is 5.97 Å². The van der Waals surface area contributed by atoms with E-state index in [4.69, 9.17) is 4.42 Å². The lowest BCUT2D eigenvalue weighted by molar-refractivity contribution is -0.144. The number of carbonyl (C=O) groups is 2. The van der Waals surface area contributed by atoms with Gasteiger partial charge in [-0.3, -0.25) is 9.59 Å². The summed E-state index contributed by atoms with van der Waals surface area (Å²) in [7, 11) is 0. The minimum absolute atomic E-state index is 0.217. The van der Waals surface area contributed by atoms with Gasteiger partial charge in [0.15, 0.2) is 0 Å². The van der Waals surface area contributed by atoms with Crippen LogP contribution in [0.1, 0.15) is 30.8 Å². The Balaban J connectivity index is 1.64. The first kappa shape index (κ1) is 13.9. The summed E-state index contributed by atoms with van der Waals surface area (Å²) < 4.78 is 5.35.